The summed E-state index contributed by atoms with van der Waals surface area (Å²) >= 11 is 0. The van der Waals surface area contributed by atoms with Gasteiger partial charge in [-0.3, -0.25) is 0 Å². The predicted octanol–water partition coefficient (Wildman–Crippen LogP) is 1.69. The van der Waals surface area contributed by atoms with Gasteiger partial charge in [-0.1, -0.05) is 5.92 Å². The molecule has 0 aliphatic carbocycles. The van der Waals surface area contributed by atoms with Crippen LogP contribution in [0.2, 0.25) is 0 Å². The van der Waals surface area contributed by atoms with Crippen molar-refractivity contribution in [2.24, 2.45) is 0 Å². The zero-order chi connectivity index (χ0) is 12.0. The second-order valence-corrected chi connectivity index (χ2v) is 3.19. The SMILES string of the molecule is C#CC(C)Nc1ccc(C(=O)OCC)cn1. The van der Waals surface area contributed by atoms with E-state index in [1.165, 1.54) is 6.20 Å². The summed E-state index contributed by atoms with van der Waals surface area (Å²) in [6, 6.07) is 3.25. The van der Waals surface area contributed by atoms with Gasteiger partial charge in [0.15, 0.2) is 0 Å². The van der Waals surface area contributed by atoms with Gasteiger partial charge >= 0.3 is 5.97 Å². The predicted molar refractivity (Wildman–Crippen MR) is 62.1 cm³/mol. The van der Waals surface area contributed by atoms with Gasteiger partial charge in [0.25, 0.3) is 0 Å². The van der Waals surface area contributed by atoms with Crippen molar-refractivity contribution in [2.75, 3.05) is 11.9 Å². The normalized spacial score (nSPS) is 11.3. The van der Waals surface area contributed by atoms with Crippen LogP contribution in [0.4, 0.5) is 5.82 Å². The van der Waals surface area contributed by atoms with E-state index in [1.807, 2.05) is 6.92 Å². The lowest BCUT2D eigenvalue weighted by molar-refractivity contribution is 0.0526. The second kappa shape index (κ2) is 5.76. The standard InChI is InChI=1S/C12H14N2O2/c1-4-9(3)14-11-7-6-10(8-13-11)12(15)16-5-2/h1,6-9H,5H2,2-3H3,(H,13,14). The Hall–Kier alpha value is -2.02. The number of esters is 1. The summed E-state index contributed by atoms with van der Waals surface area (Å²) in [6.07, 6.45) is 6.69. The quantitative estimate of drug-likeness (QED) is 0.617. The lowest BCUT2D eigenvalue weighted by Gasteiger charge is -2.08. The molecular formula is C12H14N2O2. The van der Waals surface area contributed by atoms with Gasteiger partial charge < -0.3 is 10.1 Å². The van der Waals surface area contributed by atoms with Gasteiger partial charge in [0, 0.05) is 6.20 Å². The number of terminal acetylenes is 1. The molecule has 0 amide bonds. The lowest BCUT2D eigenvalue weighted by atomic mass is 10.3. The Morgan fingerprint density at radius 3 is 2.94 bits per heavy atom. The first kappa shape index (κ1) is 12.1. The minimum atomic E-state index is -0.369. The number of nitrogens with zero attached hydrogens (tertiary/aromatic N) is 1. The van der Waals surface area contributed by atoms with Gasteiger partial charge in [0.1, 0.15) is 5.82 Å². The summed E-state index contributed by atoms with van der Waals surface area (Å²) in [5.74, 6) is 2.80. The van der Waals surface area contributed by atoms with Gasteiger partial charge in [-0.2, -0.15) is 0 Å². The summed E-state index contributed by atoms with van der Waals surface area (Å²) in [4.78, 5) is 15.4. The largest absolute Gasteiger partial charge is 0.462 e. The van der Waals surface area contributed by atoms with Gasteiger partial charge in [-0.05, 0) is 26.0 Å². The van der Waals surface area contributed by atoms with Crippen molar-refractivity contribution < 1.29 is 9.53 Å². The molecule has 4 heteroatoms. The number of pyridine rings is 1. The van der Waals surface area contributed by atoms with Gasteiger partial charge in [0.2, 0.25) is 0 Å². The Labute approximate surface area is 95.0 Å². The Morgan fingerprint density at radius 2 is 2.44 bits per heavy atom. The van der Waals surface area contributed by atoms with E-state index >= 15 is 0 Å². The molecule has 84 valence electrons. The molecule has 4 nitrogen and oxygen atoms in total. The first-order valence-electron chi connectivity index (χ1n) is 5.03. The summed E-state index contributed by atoms with van der Waals surface area (Å²) in [5.41, 5.74) is 0.431. The third-order valence-electron chi connectivity index (χ3n) is 1.89. The van der Waals surface area contributed by atoms with Crippen molar-refractivity contribution in [3.63, 3.8) is 0 Å². The zero-order valence-electron chi connectivity index (χ0n) is 9.36. The minimum absolute atomic E-state index is 0.0963. The molecule has 1 aromatic rings. The molecule has 1 unspecified atom stereocenters. The van der Waals surface area contributed by atoms with Crippen molar-refractivity contribution in [1.82, 2.24) is 4.98 Å². The first-order valence-corrected chi connectivity index (χ1v) is 5.03. The topological polar surface area (TPSA) is 51.2 Å². The molecule has 0 aliphatic heterocycles. The lowest BCUT2D eigenvalue weighted by Crippen LogP contribution is -2.13. The average Bonchev–Trinajstić information content (AvgIpc) is 2.30. The van der Waals surface area contributed by atoms with Gasteiger partial charge in [-0.15, -0.1) is 6.42 Å². The molecular weight excluding hydrogens is 204 g/mol. The number of hydrogen-bond acceptors (Lipinski definition) is 4. The smallest absolute Gasteiger partial charge is 0.339 e. The number of rotatable bonds is 4. The van der Waals surface area contributed by atoms with E-state index in [0.717, 1.165) is 0 Å². The number of anilines is 1. The monoisotopic (exact) mass is 218 g/mol. The molecule has 0 fully saturated rings. The Balaban J connectivity index is 2.68. The van der Waals surface area contributed by atoms with Crippen LogP contribution in [-0.2, 0) is 4.74 Å². The van der Waals surface area contributed by atoms with Crippen LogP contribution in [0.25, 0.3) is 0 Å². The van der Waals surface area contributed by atoms with Crippen LogP contribution in [0, 0.1) is 12.3 Å². The maximum absolute atomic E-state index is 11.3. The van der Waals surface area contributed by atoms with E-state index in [1.54, 1.807) is 19.1 Å². The van der Waals surface area contributed by atoms with E-state index in [0.29, 0.717) is 18.0 Å². The maximum Gasteiger partial charge on any atom is 0.339 e. The highest BCUT2D eigenvalue weighted by Crippen LogP contribution is 2.07. The molecule has 0 spiro atoms. The third-order valence-corrected chi connectivity index (χ3v) is 1.89. The van der Waals surface area contributed by atoms with Gasteiger partial charge in [-0.25, -0.2) is 9.78 Å². The van der Waals surface area contributed by atoms with Gasteiger partial charge in [0.05, 0.1) is 18.2 Å². The maximum atomic E-state index is 11.3. The molecule has 0 aliphatic rings. The molecule has 0 saturated heterocycles. The van der Waals surface area contributed by atoms with Crippen LogP contribution in [0.15, 0.2) is 18.3 Å². The van der Waals surface area contributed by atoms with Crippen molar-refractivity contribution in [3.05, 3.63) is 23.9 Å². The highest BCUT2D eigenvalue weighted by Gasteiger charge is 2.06. The van der Waals surface area contributed by atoms with Crippen LogP contribution >= 0.6 is 0 Å². The fourth-order valence-electron chi connectivity index (χ4n) is 1.08. The summed E-state index contributed by atoms with van der Waals surface area (Å²) in [7, 11) is 0. The van der Waals surface area contributed by atoms with Crippen molar-refractivity contribution in [3.8, 4) is 12.3 Å². The van der Waals surface area contributed by atoms with E-state index in [-0.39, 0.29) is 12.0 Å². The van der Waals surface area contributed by atoms with Crippen molar-refractivity contribution in [1.29, 1.82) is 0 Å². The van der Waals surface area contributed by atoms with Crippen molar-refractivity contribution >= 4 is 11.8 Å². The van der Waals surface area contributed by atoms with E-state index < -0.39 is 0 Å². The first-order chi connectivity index (χ1) is 7.67. The Kier molecular flexibility index (Phi) is 4.34. The molecule has 0 aromatic carbocycles. The number of nitrogens with one attached hydrogen (secondary N) is 1. The molecule has 1 rings (SSSR count). The zero-order valence-corrected chi connectivity index (χ0v) is 9.36. The molecule has 0 radical (unpaired) electrons. The summed E-state index contributed by atoms with van der Waals surface area (Å²) in [6.45, 7) is 3.96. The van der Waals surface area contributed by atoms with Crippen molar-refractivity contribution in [2.45, 2.75) is 19.9 Å². The van der Waals surface area contributed by atoms with Crippen LogP contribution < -0.4 is 5.32 Å². The summed E-state index contributed by atoms with van der Waals surface area (Å²) < 4.78 is 4.84. The van der Waals surface area contributed by atoms with Crippen LogP contribution in [-0.4, -0.2) is 23.6 Å². The molecule has 0 saturated carbocycles. The summed E-state index contributed by atoms with van der Waals surface area (Å²) in [5, 5.41) is 2.99. The molecule has 1 aromatic heterocycles. The fraction of sp³-hybridized carbons (Fsp3) is 0.333. The number of aromatic nitrogens is 1. The van der Waals surface area contributed by atoms with E-state index in [9.17, 15) is 4.79 Å². The number of carbonyl (C=O) groups is 1. The number of ether oxygens (including phenoxy) is 1. The highest BCUT2D eigenvalue weighted by molar-refractivity contribution is 5.89. The van der Waals surface area contributed by atoms with Crippen LogP contribution in [0.1, 0.15) is 24.2 Å². The number of hydrogen-bond donors (Lipinski definition) is 1. The van der Waals surface area contributed by atoms with E-state index in [2.05, 4.69) is 16.2 Å². The molecule has 0 bridgehead atoms. The second-order valence-electron chi connectivity index (χ2n) is 3.19. The van der Waals surface area contributed by atoms with E-state index in [4.69, 9.17) is 11.2 Å². The van der Waals surface area contributed by atoms with Crippen LogP contribution in [0.5, 0.6) is 0 Å². The molecule has 16 heavy (non-hydrogen) atoms. The highest BCUT2D eigenvalue weighted by atomic mass is 16.5. The Bertz CT molecular complexity index is 392. The molecule has 1 heterocycles. The third kappa shape index (κ3) is 3.28. The fourth-order valence-corrected chi connectivity index (χ4v) is 1.08. The minimum Gasteiger partial charge on any atom is -0.462 e. The van der Waals surface area contributed by atoms with Crippen LogP contribution in [0.3, 0.4) is 0 Å². The Morgan fingerprint density at radius 1 is 1.69 bits per heavy atom. The average molecular weight is 218 g/mol. The molecule has 1 atom stereocenters. The molecule has 1 N–H and O–H groups in total. The number of carbonyl (C=O) groups excluding carboxylic acids is 1.